The molecule has 0 saturated heterocycles. The van der Waals surface area contributed by atoms with E-state index in [1.54, 1.807) is 12.1 Å². The van der Waals surface area contributed by atoms with Gasteiger partial charge in [-0.05, 0) is 30.2 Å². The summed E-state index contributed by atoms with van der Waals surface area (Å²) in [6.07, 6.45) is 0. The largest absolute Gasteiger partial charge is 0.508 e. The highest BCUT2D eigenvalue weighted by Gasteiger charge is 2.19. The zero-order valence-corrected chi connectivity index (χ0v) is 10.5. The van der Waals surface area contributed by atoms with E-state index in [4.69, 9.17) is 5.11 Å². The number of sulfonamides is 1. The molecule has 0 aliphatic carbocycles. The molecule has 0 amide bonds. The third-order valence-electron chi connectivity index (χ3n) is 2.17. The van der Waals surface area contributed by atoms with Gasteiger partial charge < -0.3 is 5.11 Å². The van der Waals surface area contributed by atoms with Gasteiger partial charge in [0.2, 0.25) is 10.0 Å². The molecule has 0 aromatic heterocycles. The van der Waals surface area contributed by atoms with Crippen molar-refractivity contribution in [2.75, 3.05) is 17.1 Å². The minimum absolute atomic E-state index is 0.0876. The monoisotopic (exact) mass is 243 g/mol. The molecule has 1 rings (SSSR count). The molecule has 1 aromatic rings. The molecule has 0 aliphatic rings. The van der Waals surface area contributed by atoms with Crippen molar-refractivity contribution >= 4 is 15.7 Å². The summed E-state index contributed by atoms with van der Waals surface area (Å²) in [5.41, 5.74) is 0.554. The second kappa shape index (κ2) is 4.74. The fourth-order valence-electron chi connectivity index (χ4n) is 1.36. The SMILES string of the molecule is CC(C)CS(=O)(=O)N(C)c1ccc(O)cc1. The van der Waals surface area contributed by atoms with E-state index in [0.717, 1.165) is 0 Å². The first-order chi connectivity index (χ1) is 7.33. The van der Waals surface area contributed by atoms with Crippen LogP contribution >= 0.6 is 0 Å². The molecular weight excluding hydrogens is 226 g/mol. The lowest BCUT2D eigenvalue weighted by Gasteiger charge is -2.20. The average molecular weight is 243 g/mol. The maximum absolute atomic E-state index is 11.9. The van der Waals surface area contributed by atoms with Crippen molar-refractivity contribution < 1.29 is 13.5 Å². The Morgan fingerprint density at radius 2 is 1.75 bits per heavy atom. The van der Waals surface area contributed by atoms with Gasteiger partial charge in [-0.2, -0.15) is 0 Å². The third-order valence-corrected chi connectivity index (χ3v) is 4.31. The van der Waals surface area contributed by atoms with Gasteiger partial charge in [0, 0.05) is 7.05 Å². The normalized spacial score (nSPS) is 11.8. The number of aromatic hydroxyl groups is 1. The number of phenolic OH excluding ortho intramolecular Hbond substituents is 1. The van der Waals surface area contributed by atoms with Crippen molar-refractivity contribution in [2.45, 2.75) is 13.8 Å². The minimum Gasteiger partial charge on any atom is -0.508 e. The molecule has 1 aromatic carbocycles. The topological polar surface area (TPSA) is 57.6 Å². The fourth-order valence-corrected chi connectivity index (χ4v) is 2.87. The van der Waals surface area contributed by atoms with Crippen LogP contribution in [0.1, 0.15) is 13.8 Å². The molecule has 4 nitrogen and oxygen atoms in total. The number of nitrogens with zero attached hydrogens (tertiary/aromatic N) is 1. The van der Waals surface area contributed by atoms with E-state index in [9.17, 15) is 8.42 Å². The van der Waals surface area contributed by atoms with Crippen LogP contribution in [0.5, 0.6) is 5.75 Å². The van der Waals surface area contributed by atoms with E-state index in [0.29, 0.717) is 5.69 Å². The first kappa shape index (κ1) is 12.8. The molecule has 0 radical (unpaired) electrons. The molecule has 0 spiro atoms. The van der Waals surface area contributed by atoms with E-state index in [1.807, 2.05) is 13.8 Å². The number of anilines is 1. The highest BCUT2D eigenvalue weighted by atomic mass is 32.2. The maximum atomic E-state index is 11.9. The molecule has 0 bridgehead atoms. The molecule has 0 unspecified atom stereocenters. The van der Waals surface area contributed by atoms with Crippen LogP contribution in [0.25, 0.3) is 0 Å². The van der Waals surface area contributed by atoms with E-state index >= 15 is 0 Å². The van der Waals surface area contributed by atoms with Crippen molar-refractivity contribution in [3.8, 4) is 5.75 Å². The van der Waals surface area contributed by atoms with Gasteiger partial charge in [0.1, 0.15) is 5.75 Å². The van der Waals surface area contributed by atoms with Crippen molar-refractivity contribution in [3.05, 3.63) is 24.3 Å². The van der Waals surface area contributed by atoms with Gasteiger partial charge >= 0.3 is 0 Å². The molecule has 5 heteroatoms. The Bertz CT molecular complexity index is 437. The van der Waals surface area contributed by atoms with E-state index < -0.39 is 10.0 Å². The van der Waals surface area contributed by atoms with Crippen molar-refractivity contribution in [1.82, 2.24) is 0 Å². The standard InChI is InChI=1S/C11H17NO3S/c1-9(2)8-16(14,15)12(3)10-4-6-11(13)7-5-10/h4-7,9,13H,8H2,1-3H3. The summed E-state index contributed by atoms with van der Waals surface area (Å²) in [7, 11) is -1.76. The number of benzene rings is 1. The summed E-state index contributed by atoms with van der Waals surface area (Å²) in [6, 6.07) is 6.09. The molecule has 0 saturated carbocycles. The highest BCUT2D eigenvalue weighted by molar-refractivity contribution is 7.92. The lowest BCUT2D eigenvalue weighted by molar-refractivity contribution is 0.475. The van der Waals surface area contributed by atoms with Gasteiger partial charge in [-0.1, -0.05) is 13.8 Å². The van der Waals surface area contributed by atoms with E-state index in [-0.39, 0.29) is 17.4 Å². The van der Waals surface area contributed by atoms with Crippen LogP contribution in [-0.2, 0) is 10.0 Å². The number of phenols is 1. The van der Waals surface area contributed by atoms with Crippen molar-refractivity contribution in [2.24, 2.45) is 5.92 Å². The number of hydrogen-bond acceptors (Lipinski definition) is 3. The van der Waals surface area contributed by atoms with Gasteiger partial charge in [-0.3, -0.25) is 4.31 Å². The molecule has 0 fully saturated rings. The predicted octanol–water partition coefficient (Wildman–Crippen LogP) is 1.81. The van der Waals surface area contributed by atoms with Gasteiger partial charge in [0.15, 0.2) is 0 Å². The number of hydrogen-bond donors (Lipinski definition) is 1. The Hall–Kier alpha value is -1.23. The van der Waals surface area contributed by atoms with Crippen molar-refractivity contribution in [3.63, 3.8) is 0 Å². The lowest BCUT2D eigenvalue weighted by Crippen LogP contribution is -2.30. The van der Waals surface area contributed by atoms with Crippen LogP contribution in [0.3, 0.4) is 0 Å². The summed E-state index contributed by atoms with van der Waals surface area (Å²) < 4.78 is 25.0. The molecule has 90 valence electrons. The van der Waals surface area contributed by atoms with Crippen LogP contribution in [0, 0.1) is 5.92 Å². The third kappa shape index (κ3) is 3.13. The summed E-state index contributed by atoms with van der Waals surface area (Å²) in [5.74, 6) is 0.327. The van der Waals surface area contributed by atoms with Crippen LogP contribution in [-0.4, -0.2) is 26.3 Å². The molecule has 0 aliphatic heterocycles. The van der Waals surface area contributed by atoms with E-state index in [1.165, 1.54) is 23.5 Å². The first-order valence-electron chi connectivity index (χ1n) is 5.08. The van der Waals surface area contributed by atoms with Crippen LogP contribution in [0.2, 0.25) is 0 Å². The Morgan fingerprint density at radius 1 is 1.25 bits per heavy atom. The molecule has 0 atom stereocenters. The zero-order valence-electron chi connectivity index (χ0n) is 9.71. The van der Waals surface area contributed by atoms with Gasteiger partial charge in [-0.25, -0.2) is 8.42 Å². The van der Waals surface area contributed by atoms with E-state index in [2.05, 4.69) is 0 Å². The van der Waals surface area contributed by atoms with Gasteiger partial charge in [-0.15, -0.1) is 0 Å². The molecule has 0 heterocycles. The number of rotatable bonds is 4. The fraction of sp³-hybridized carbons (Fsp3) is 0.455. The second-order valence-corrected chi connectivity index (χ2v) is 6.20. The highest BCUT2D eigenvalue weighted by Crippen LogP contribution is 2.20. The Kier molecular flexibility index (Phi) is 3.80. The second-order valence-electron chi connectivity index (χ2n) is 4.16. The Balaban J connectivity index is 2.93. The summed E-state index contributed by atoms with van der Waals surface area (Å²) in [4.78, 5) is 0. The first-order valence-corrected chi connectivity index (χ1v) is 6.69. The summed E-state index contributed by atoms with van der Waals surface area (Å²) >= 11 is 0. The lowest BCUT2D eigenvalue weighted by atomic mass is 10.3. The Morgan fingerprint density at radius 3 is 2.19 bits per heavy atom. The molecular formula is C11H17NO3S. The molecule has 1 N–H and O–H groups in total. The van der Waals surface area contributed by atoms with Crippen LogP contribution in [0.15, 0.2) is 24.3 Å². The minimum atomic E-state index is -3.27. The smallest absolute Gasteiger partial charge is 0.235 e. The summed E-state index contributed by atoms with van der Waals surface area (Å²) in [5, 5.41) is 9.12. The quantitative estimate of drug-likeness (QED) is 0.877. The van der Waals surface area contributed by atoms with Gasteiger partial charge in [0.05, 0.1) is 11.4 Å². The predicted molar refractivity (Wildman–Crippen MR) is 65.1 cm³/mol. The van der Waals surface area contributed by atoms with Crippen LogP contribution < -0.4 is 4.31 Å². The molecule has 16 heavy (non-hydrogen) atoms. The Labute approximate surface area is 96.6 Å². The zero-order chi connectivity index (χ0) is 12.3. The summed E-state index contributed by atoms with van der Waals surface area (Å²) in [6.45, 7) is 3.73. The van der Waals surface area contributed by atoms with Crippen LogP contribution in [0.4, 0.5) is 5.69 Å². The van der Waals surface area contributed by atoms with Crippen molar-refractivity contribution in [1.29, 1.82) is 0 Å². The average Bonchev–Trinajstić information content (AvgIpc) is 2.16. The van der Waals surface area contributed by atoms with Gasteiger partial charge in [0.25, 0.3) is 0 Å². The maximum Gasteiger partial charge on any atom is 0.235 e.